The number of piperazine rings is 1. The van der Waals surface area contributed by atoms with Crippen molar-refractivity contribution in [3.8, 4) is 0 Å². The quantitative estimate of drug-likeness (QED) is 0.793. The summed E-state index contributed by atoms with van der Waals surface area (Å²) in [6, 6.07) is 1.32. The van der Waals surface area contributed by atoms with Crippen molar-refractivity contribution in [2.24, 2.45) is 0 Å². The number of rotatable bonds is 3. The molecule has 0 bridgehead atoms. The molecule has 2 aliphatic heterocycles. The highest BCUT2D eigenvalue weighted by atomic mass is 32.1. The molecule has 0 atom stereocenters. The summed E-state index contributed by atoms with van der Waals surface area (Å²) in [7, 11) is 0. The van der Waals surface area contributed by atoms with E-state index in [9.17, 15) is 9.59 Å². The van der Waals surface area contributed by atoms with Gasteiger partial charge in [0.1, 0.15) is 5.69 Å². The van der Waals surface area contributed by atoms with E-state index in [1.165, 1.54) is 23.8 Å². The summed E-state index contributed by atoms with van der Waals surface area (Å²) in [6.07, 6.45) is 3.54. The average molecular weight is 376 g/mol. The van der Waals surface area contributed by atoms with Crippen molar-refractivity contribution >= 4 is 27.3 Å². The fraction of sp³-hybridized carbons (Fsp3) is 0.647. The Kier molecular flexibility index (Phi) is 4.90. The van der Waals surface area contributed by atoms with Crippen LogP contribution in [0.5, 0.6) is 0 Å². The number of anilines is 1. The first kappa shape index (κ1) is 17.4. The molecule has 2 aliphatic rings. The van der Waals surface area contributed by atoms with E-state index in [1.54, 1.807) is 4.52 Å². The summed E-state index contributed by atoms with van der Waals surface area (Å²) < 4.78 is 1.56. The lowest BCUT2D eigenvalue weighted by molar-refractivity contribution is 0.0634. The van der Waals surface area contributed by atoms with Crippen LogP contribution in [0.2, 0.25) is 0 Å². The number of aromatic nitrogens is 3. The van der Waals surface area contributed by atoms with Crippen LogP contribution in [0.4, 0.5) is 5.13 Å². The van der Waals surface area contributed by atoms with E-state index in [1.807, 2.05) is 4.90 Å². The molecule has 2 aromatic rings. The van der Waals surface area contributed by atoms with Crippen molar-refractivity contribution in [3.05, 3.63) is 22.1 Å². The second-order valence-corrected chi connectivity index (χ2v) is 7.77. The Morgan fingerprint density at radius 1 is 1.12 bits per heavy atom. The molecule has 140 valence electrons. The zero-order valence-electron chi connectivity index (χ0n) is 15.1. The van der Waals surface area contributed by atoms with Gasteiger partial charge in [-0.1, -0.05) is 18.3 Å². The Morgan fingerprint density at radius 2 is 1.85 bits per heavy atom. The van der Waals surface area contributed by atoms with Crippen molar-refractivity contribution in [1.82, 2.24) is 24.4 Å². The minimum Gasteiger partial charge on any atom is -0.347 e. The van der Waals surface area contributed by atoms with Gasteiger partial charge < -0.3 is 14.7 Å². The topological polar surface area (TPSA) is 74.1 Å². The molecule has 2 fully saturated rings. The minimum absolute atomic E-state index is 0.134. The molecule has 0 spiro atoms. The molecule has 0 aromatic carbocycles. The zero-order chi connectivity index (χ0) is 18.1. The summed E-state index contributed by atoms with van der Waals surface area (Å²) in [5.74, 6) is -0.134. The Hall–Kier alpha value is -2.00. The van der Waals surface area contributed by atoms with Crippen LogP contribution in [-0.2, 0) is 0 Å². The van der Waals surface area contributed by atoms with Crippen LogP contribution in [0.25, 0.3) is 4.96 Å². The molecule has 9 heteroatoms. The number of amides is 1. The fourth-order valence-electron chi connectivity index (χ4n) is 3.60. The first-order chi connectivity index (χ1) is 12.7. The Balaban J connectivity index is 1.64. The molecule has 0 N–H and O–H groups in total. The molecule has 8 nitrogen and oxygen atoms in total. The summed E-state index contributed by atoms with van der Waals surface area (Å²) in [4.78, 5) is 36.0. The maximum absolute atomic E-state index is 13.0. The number of carbonyl (C=O) groups is 1. The van der Waals surface area contributed by atoms with E-state index in [4.69, 9.17) is 0 Å². The number of likely N-dealkylation sites (N-methyl/N-ethyl adjacent to an activating group) is 1. The van der Waals surface area contributed by atoms with Gasteiger partial charge in [-0.05, 0) is 25.8 Å². The van der Waals surface area contributed by atoms with Crippen LogP contribution in [0.1, 0.15) is 36.7 Å². The molecule has 0 aliphatic carbocycles. The predicted molar refractivity (Wildman–Crippen MR) is 101 cm³/mol. The highest BCUT2D eigenvalue weighted by molar-refractivity contribution is 7.20. The van der Waals surface area contributed by atoms with E-state index in [-0.39, 0.29) is 11.5 Å². The second-order valence-electron chi connectivity index (χ2n) is 6.83. The number of nitrogens with zero attached hydrogens (tertiary/aromatic N) is 6. The number of carbonyl (C=O) groups excluding carboxylic acids is 1. The van der Waals surface area contributed by atoms with E-state index >= 15 is 0 Å². The molecular weight excluding hydrogens is 352 g/mol. The van der Waals surface area contributed by atoms with Gasteiger partial charge in [0, 0.05) is 45.3 Å². The third kappa shape index (κ3) is 3.33. The first-order valence-electron chi connectivity index (χ1n) is 9.33. The van der Waals surface area contributed by atoms with Crippen molar-refractivity contribution in [2.45, 2.75) is 26.2 Å². The summed E-state index contributed by atoms with van der Waals surface area (Å²) in [5, 5.41) is 5.47. The second kappa shape index (κ2) is 7.32. The molecule has 2 saturated heterocycles. The minimum atomic E-state index is -0.380. The van der Waals surface area contributed by atoms with Crippen LogP contribution < -0.4 is 10.5 Å². The van der Waals surface area contributed by atoms with Crippen LogP contribution in [-0.4, -0.2) is 76.1 Å². The van der Waals surface area contributed by atoms with Gasteiger partial charge in [-0.3, -0.25) is 9.59 Å². The van der Waals surface area contributed by atoms with Crippen LogP contribution in [0.15, 0.2) is 10.9 Å². The smallest absolute Gasteiger partial charge is 0.274 e. The Morgan fingerprint density at radius 3 is 2.54 bits per heavy atom. The van der Waals surface area contributed by atoms with Crippen LogP contribution >= 0.6 is 11.3 Å². The van der Waals surface area contributed by atoms with Gasteiger partial charge in [-0.25, -0.2) is 0 Å². The highest BCUT2D eigenvalue weighted by Gasteiger charge is 2.25. The first-order valence-corrected chi connectivity index (χ1v) is 10.1. The van der Waals surface area contributed by atoms with Crippen molar-refractivity contribution in [3.63, 3.8) is 0 Å². The molecule has 2 aromatic heterocycles. The molecule has 0 saturated carbocycles. The third-order valence-corrected chi connectivity index (χ3v) is 6.17. The van der Waals surface area contributed by atoms with Gasteiger partial charge in [-0.15, -0.1) is 5.10 Å². The summed E-state index contributed by atoms with van der Waals surface area (Å²) in [5.41, 5.74) is -0.0566. The molecule has 0 radical (unpaired) electrons. The molecular formula is C17H24N6O2S. The van der Waals surface area contributed by atoms with Gasteiger partial charge in [0.2, 0.25) is 10.1 Å². The lowest BCUT2D eigenvalue weighted by atomic mass is 10.1. The lowest BCUT2D eigenvalue weighted by Gasteiger charge is -2.33. The van der Waals surface area contributed by atoms with Gasteiger partial charge in [0.05, 0.1) is 0 Å². The van der Waals surface area contributed by atoms with Gasteiger partial charge in [0.15, 0.2) is 0 Å². The summed E-state index contributed by atoms with van der Waals surface area (Å²) in [6.45, 7) is 8.12. The highest BCUT2D eigenvalue weighted by Crippen LogP contribution is 2.25. The predicted octanol–water partition coefficient (Wildman–Crippen LogP) is 0.919. The maximum Gasteiger partial charge on any atom is 0.274 e. The zero-order valence-corrected chi connectivity index (χ0v) is 15.9. The van der Waals surface area contributed by atoms with Crippen LogP contribution in [0.3, 0.4) is 0 Å². The normalized spacial score (nSPS) is 19.3. The SMILES string of the molecule is CCN1CCN(C(=O)c2cc(=O)nc3sc(N4CCCCC4)nn23)CC1. The fourth-order valence-corrected chi connectivity index (χ4v) is 4.56. The maximum atomic E-state index is 13.0. The Bertz CT molecular complexity index is 849. The average Bonchev–Trinajstić information content (AvgIpc) is 3.11. The standard InChI is InChI=1S/C17H24N6O2S/c1-2-20-8-10-21(11-9-20)15(25)13-12-14(24)18-16-23(13)19-17(26-16)22-6-4-3-5-7-22/h12H,2-11H2,1H3. The third-order valence-electron chi connectivity index (χ3n) is 5.20. The van der Waals surface area contributed by atoms with Gasteiger partial charge in [0.25, 0.3) is 11.5 Å². The molecule has 1 amide bonds. The monoisotopic (exact) mass is 376 g/mol. The van der Waals surface area contributed by atoms with Crippen molar-refractivity contribution < 1.29 is 4.79 Å². The number of hydrogen-bond donors (Lipinski definition) is 0. The number of fused-ring (bicyclic) bond motifs is 1. The summed E-state index contributed by atoms with van der Waals surface area (Å²) >= 11 is 1.39. The number of hydrogen-bond acceptors (Lipinski definition) is 7. The van der Waals surface area contributed by atoms with E-state index in [2.05, 4.69) is 26.8 Å². The van der Waals surface area contributed by atoms with Gasteiger partial charge in [-0.2, -0.15) is 9.50 Å². The Labute approximate surface area is 156 Å². The van der Waals surface area contributed by atoms with Crippen LogP contribution in [0, 0.1) is 0 Å². The van der Waals surface area contributed by atoms with Crippen molar-refractivity contribution in [1.29, 1.82) is 0 Å². The van der Waals surface area contributed by atoms with E-state index in [0.717, 1.165) is 50.7 Å². The lowest BCUT2D eigenvalue weighted by Crippen LogP contribution is -2.49. The van der Waals surface area contributed by atoms with Gasteiger partial charge >= 0.3 is 0 Å². The van der Waals surface area contributed by atoms with E-state index in [0.29, 0.717) is 23.7 Å². The molecule has 0 unspecified atom stereocenters. The molecule has 26 heavy (non-hydrogen) atoms. The van der Waals surface area contributed by atoms with Crippen molar-refractivity contribution in [2.75, 3.05) is 50.7 Å². The molecule has 4 heterocycles. The number of piperidine rings is 1. The van der Waals surface area contributed by atoms with E-state index < -0.39 is 0 Å². The largest absolute Gasteiger partial charge is 0.347 e. The molecule has 4 rings (SSSR count).